The SMILES string of the molecule is [C-]#[N+]C(=Cc1ccc(O)c(Br)c1)C(=O)NCc1cccc(CNC(=O)C(C#N)=Cc2ccc(O)c(Br)c2)c1. The van der Waals surface area contributed by atoms with Crippen molar-refractivity contribution in [2.45, 2.75) is 13.1 Å². The van der Waals surface area contributed by atoms with Crippen molar-refractivity contribution in [3.8, 4) is 17.6 Å². The van der Waals surface area contributed by atoms with Crippen LogP contribution >= 0.6 is 31.9 Å². The van der Waals surface area contributed by atoms with Gasteiger partial charge in [-0.2, -0.15) is 5.26 Å². The molecule has 38 heavy (non-hydrogen) atoms. The van der Waals surface area contributed by atoms with E-state index in [1.165, 1.54) is 24.3 Å². The standard InChI is InChI=1S/C28H20Br2N4O4/c1-32-24(13-18-6-8-26(36)23(30)12-18)28(38)34-16-20-4-2-3-19(9-20)15-33-27(37)21(14-31)10-17-5-7-25(35)22(29)11-17/h2-13,35-36H,15-16H2,(H,33,37)(H,34,38). The second-order valence-corrected chi connectivity index (χ2v) is 9.63. The minimum absolute atomic E-state index is 0.0492. The van der Waals surface area contributed by atoms with Crippen molar-refractivity contribution in [1.29, 1.82) is 5.26 Å². The molecule has 3 aromatic rings. The Bertz CT molecular complexity index is 1420. The van der Waals surface area contributed by atoms with Crippen LogP contribution in [-0.4, -0.2) is 22.0 Å². The molecule has 8 nitrogen and oxygen atoms in total. The average molecular weight is 636 g/mol. The average Bonchev–Trinajstić information content (AvgIpc) is 2.91. The molecule has 0 fully saturated rings. The monoisotopic (exact) mass is 634 g/mol. The molecule has 0 atom stereocenters. The lowest BCUT2D eigenvalue weighted by molar-refractivity contribution is -0.118. The number of nitriles is 1. The fourth-order valence-electron chi connectivity index (χ4n) is 3.25. The van der Waals surface area contributed by atoms with Crippen molar-refractivity contribution in [1.82, 2.24) is 10.6 Å². The van der Waals surface area contributed by atoms with E-state index in [4.69, 9.17) is 6.57 Å². The number of phenols is 2. The minimum atomic E-state index is -0.553. The summed E-state index contributed by atoms with van der Waals surface area (Å²) in [4.78, 5) is 28.4. The maximum absolute atomic E-state index is 12.5. The van der Waals surface area contributed by atoms with Crippen LogP contribution in [0.3, 0.4) is 0 Å². The Kier molecular flexibility index (Phi) is 9.83. The molecule has 0 saturated heterocycles. The molecule has 0 heterocycles. The van der Waals surface area contributed by atoms with Crippen molar-refractivity contribution in [3.05, 3.63) is 115 Å². The van der Waals surface area contributed by atoms with Gasteiger partial charge in [-0.1, -0.05) is 36.4 Å². The fraction of sp³-hybridized carbons (Fsp3) is 0.0714. The van der Waals surface area contributed by atoms with Gasteiger partial charge in [-0.15, -0.1) is 0 Å². The van der Waals surface area contributed by atoms with Crippen molar-refractivity contribution in [2.24, 2.45) is 0 Å². The lowest BCUT2D eigenvalue weighted by Crippen LogP contribution is -2.25. The molecule has 190 valence electrons. The first-order valence-electron chi connectivity index (χ1n) is 11.0. The molecule has 0 bridgehead atoms. The van der Waals surface area contributed by atoms with E-state index in [2.05, 4.69) is 47.3 Å². The third-order valence-corrected chi connectivity index (χ3v) is 6.44. The molecule has 4 N–H and O–H groups in total. The quantitative estimate of drug-likeness (QED) is 0.149. The molecule has 0 unspecified atom stereocenters. The van der Waals surface area contributed by atoms with Gasteiger partial charge in [0.1, 0.15) is 23.1 Å². The van der Waals surface area contributed by atoms with Crippen molar-refractivity contribution in [2.75, 3.05) is 0 Å². The number of halogens is 2. The Morgan fingerprint density at radius 3 is 1.89 bits per heavy atom. The number of amides is 2. The highest BCUT2D eigenvalue weighted by Crippen LogP contribution is 2.26. The Labute approximate surface area is 236 Å². The zero-order chi connectivity index (χ0) is 27.7. The van der Waals surface area contributed by atoms with Gasteiger partial charge in [0.25, 0.3) is 17.5 Å². The number of carbonyl (C=O) groups is 2. The molecule has 2 amide bonds. The van der Waals surface area contributed by atoms with Gasteiger partial charge in [-0.3, -0.25) is 9.59 Å². The van der Waals surface area contributed by atoms with Crippen LogP contribution in [0.4, 0.5) is 0 Å². The summed E-state index contributed by atoms with van der Waals surface area (Å²) in [7, 11) is 0. The smallest absolute Gasteiger partial charge is 0.262 e. The molecule has 3 aromatic carbocycles. The minimum Gasteiger partial charge on any atom is -0.507 e. The number of hydrogen-bond donors (Lipinski definition) is 4. The van der Waals surface area contributed by atoms with E-state index >= 15 is 0 Å². The van der Waals surface area contributed by atoms with Crippen molar-refractivity contribution >= 4 is 55.8 Å². The maximum atomic E-state index is 12.5. The molecule has 3 rings (SSSR count). The summed E-state index contributed by atoms with van der Waals surface area (Å²) >= 11 is 6.40. The van der Waals surface area contributed by atoms with E-state index in [-0.39, 0.29) is 35.9 Å². The van der Waals surface area contributed by atoms with Gasteiger partial charge in [-0.25, -0.2) is 4.85 Å². The molecule has 0 aliphatic carbocycles. The van der Waals surface area contributed by atoms with E-state index in [0.717, 1.165) is 11.1 Å². The van der Waals surface area contributed by atoms with E-state index < -0.39 is 11.8 Å². The van der Waals surface area contributed by atoms with Crippen molar-refractivity contribution < 1.29 is 19.8 Å². The van der Waals surface area contributed by atoms with Crippen LogP contribution < -0.4 is 10.6 Å². The molecular formula is C28H20Br2N4O4. The Hall–Kier alpha value is -4.38. The number of phenolic OH excluding ortho intramolecular Hbond substituents is 2. The topological polar surface area (TPSA) is 127 Å². The highest BCUT2D eigenvalue weighted by Gasteiger charge is 2.12. The molecule has 0 radical (unpaired) electrons. The Morgan fingerprint density at radius 1 is 0.868 bits per heavy atom. The molecule has 0 aromatic heterocycles. The number of nitrogens with one attached hydrogen (secondary N) is 2. The highest BCUT2D eigenvalue weighted by atomic mass is 79.9. The van der Waals surface area contributed by atoms with Gasteiger partial charge in [0, 0.05) is 13.1 Å². The number of aromatic hydroxyl groups is 2. The Balaban J connectivity index is 1.61. The fourth-order valence-corrected chi connectivity index (χ4v) is 4.04. The molecule has 0 aliphatic heterocycles. The zero-order valence-corrected chi connectivity index (χ0v) is 22.9. The maximum Gasteiger partial charge on any atom is 0.262 e. The summed E-state index contributed by atoms with van der Waals surface area (Å²) < 4.78 is 0.894. The van der Waals surface area contributed by atoms with Gasteiger partial charge < -0.3 is 20.8 Å². The van der Waals surface area contributed by atoms with E-state index in [0.29, 0.717) is 20.1 Å². The largest absolute Gasteiger partial charge is 0.507 e. The third-order valence-electron chi connectivity index (χ3n) is 5.17. The van der Waals surface area contributed by atoms with Gasteiger partial charge in [0.15, 0.2) is 0 Å². The van der Waals surface area contributed by atoms with Crippen LogP contribution in [0.25, 0.3) is 17.0 Å². The summed E-state index contributed by atoms with van der Waals surface area (Å²) in [6.45, 7) is 7.66. The lowest BCUT2D eigenvalue weighted by Gasteiger charge is -2.09. The predicted octanol–water partition coefficient (Wildman–Crippen LogP) is 5.42. The normalized spacial score (nSPS) is 11.3. The van der Waals surface area contributed by atoms with E-state index in [1.807, 2.05) is 6.07 Å². The molecular weight excluding hydrogens is 616 g/mol. The summed E-state index contributed by atoms with van der Waals surface area (Å²) in [5.41, 5.74) is 2.46. The zero-order valence-electron chi connectivity index (χ0n) is 19.7. The van der Waals surface area contributed by atoms with E-state index in [9.17, 15) is 25.1 Å². The summed E-state index contributed by atoms with van der Waals surface area (Å²) in [6.07, 6.45) is 2.85. The molecule has 0 spiro atoms. The molecule has 0 saturated carbocycles. The van der Waals surface area contributed by atoms with Gasteiger partial charge in [0.05, 0.1) is 15.5 Å². The van der Waals surface area contributed by atoms with Crippen LogP contribution in [0.2, 0.25) is 0 Å². The third kappa shape index (κ3) is 7.81. The first-order chi connectivity index (χ1) is 18.2. The molecule has 0 aliphatic rings. The Morgan fingerprint density at radius 2 is 1.39 bits per heavy atom. The molecule has 10 heteroatoms. The van der Waals surface area contributed by atoms with Crippen LogP contribution in [0.1, 0.15) is 22.3 Å². The van der Waals surface area contributed by atoms with Crippen LogP contribution in [0.15, 0.2) is 80.9 Å². The lowest BCUT2D eigenvalue weighted by atomic mass is 10.1. The van der Waals surface area contributed by atoms with Crippen LogP contribution in [-0.2, 0) is 22.7 Å². The predicted molar refractivity (Wildman–Crippen MR) is 150 cm³/mol. The number of hydrogen-bond acceptors (Lipinski definition) is 5. The van der Waals surface area contributed by atoms with Crippen LogP contribution in [0.5, 0.6) is 11.5 Å². The van der Waals surface area contributed by atoms with Crippen molar-refractivity contribution in [3.63, 3.8) is 0 Å². The number of benzene rings is 3. The number of rotatable bonds is 8. The van der Waals surface area contributed by atoms with Gasteiger partial charge in [0.2, 0.25) is 0 Å². The first kappa shape index (κ1) is 28.2. The highest BCUT2D eigenvalue weighted by molar-refractivity contribution is 9.10. The van der Waals surface area contributed by atoms with Gasteiger partial charge in [-0.05, 0) is 90.5 Å². The first-order valence-corrected chi connectivity index (χ1v) is 12.6. The van der Waals surface area contributed by atoms with E-state index in [1.54, 1.807) is 48.5 Å². The number of carbonyl (C=O) groups excluding carboxylic acids is 2. The second-order valence-electron chi connectivity index (χ2n) is 7.92. The summed E-state index contributed by atoms with van der Waals surface area (Å²) in [5.74, 6) is -0.999. The summed E-state index contributed by atoms with van der Waals surface area (Å²) in [6, 6.07) is 18.3. The van der Waals surface area contributed by atoms with Crippen LogP contribution in [0, 0.1) is 17.9 Å². The number of nitrogens with zero attached hydrogens (tertiary/aromatic N) is 2. The van der Waals surface area contributed by atoms with Gasteiger partial charge >= 0.3 is 0 Å². The second kappa shape index (κ2) is 13.2. The summed E-state index contributed by atoms with van der Waals surface area (Å²) in [5, 5.41) is 34.0.